The van der Waals surface area contributed by atoms with Gasteiger partial charge in [-0.15, -0.1) is 0 Å². The van der Waals surface area contributed by atoms with Gasteiger partial charge in [-0.05, 0) is 55.4 Å². The van der Waals surface area contributed by atoms with Crippen LogP contribution in [0.5, 0.6) is 17.2 Å². The average molecular weight is 287 g/mol. The number of methoxy groups -OCH3 is 1. The summed E-state index contributed by atoms with van der Waals surface area (Å²) in [5, 5.41) is 15.0. The molecule has 0 bridgehead atoms. The molecule has 1 aliphatic rings. The molecule has 2 aromatic carbocycles. The second-order valence-corrected chi connectivity index (χ2v) is 5.51. The first kappa shape index (κ1) is 14.0. The number of aromatic hydroxyl groups is 1. The molecule has 112 valence electrons. The van der Waals surface area contributed by atoms with Crippen molar-refractivity contribution in [2.75, 3.05) is 26.8 Å². The van der Waals surface area contributed by atoms with Crippen molar-refractivity contribution in [1.29, 1.82) is 0 Å². The third kappa shape index (κ3) is 3.05. The fourth-order valence-electron chi connectivity index (χ4n) is 2.80. The summed E-state index contributed by atoms with van der Waals surface area (Å²) in [5.41, 5.74) is 0. The molecule has 0 amide bonds. The van der Waals surface area contributed by atoms with Gasteiger partial charge in [0.25, 0.3) is 0 Å². The molecule has 1 fully saturated rings. The van der Waals surface area contributed by atoms with Gasteiger partial charge in [-0.2, -0.15) is 0 Å². The first-order valence-corrected chi connectivity index (χ1v) is 7.41. The summed E-state index contributed by atoms with van der Waals surface area (Å²) in [4.78, 5) is 0. The normalized spacial score (nSPS) is 16.0. The molecule has 0 atom stereocenters. The Labute approximate surface area is 124 Å². The molecule has 1 heterocycles. The molecule has 1 saturated heterocycles. The van der Waals surface area contributed by atoms with Crippen LogP contribution in [-0.2, 0) is 0 Å². The van der Waals surface area contributed by atoms with Crippen molar-refractivity contribution in [1.82, 2.24) is 5.32 Å². The van der Waals surface area contributed by atoms with Gasteiger partial charge in [0.2, 0.25) is 0 Å². The van der Waals surface area contributed by atoms with Gasteiger partial charge in [0.1, 0.15) is 5.75 Å². The van der Waals surface area contributed by atoms with Crippen LogP contribution in [-0.4, -0.2) is 31.9 Å². The van der Waals surface area contributed by atoms with E-state index in [-0.39, 0.29) is 5.75 Å². The topological polar surface area (TPSA) is 50.7 Å². The summed E-state index contributed by atoms with van der Waals surface area (Å²) in [6.45, 7) is 2.84. The lowest BCUT2D eigenvalue weighted by Crippen LogP contribution is -2.30. The highest BCUT2D eigenvalue weighted by Crippen LogP contribution is 2.36. The lowest BCUT2D eigenvalue weighted by Gasteiger charge is -2.23. The highest BCUT2D eigenvalue weighted by atomic mass is 16.5. The predicted octanol–water partition coefficient (Wildman–Crippen LogP) is 2.93. The molecule has 4 nitrogen and oxygen atoms in total. The SMILES string of the molecule is COc1cc2c(O)cccc2cc1OCC1CCNCC1. The van der Waals surface area contributed by atoms with Crippen LogP contribution in [0.3, 0.4) is 0 Å². The number of ether oxygens (including phenoxy) is 2. The maximum Gasteiger partial charge on any atom is 0.161 e. The van der Waals surface area contributed by atoms with Crippen molar-refractivity contribution in [3.8, 4) is 17.2 Å². The number of hydrogen-bond donors (Lipinski definition) is 2. The molecule has 0 radical (unpaired) electrons. The monoisotopic (exact) mass is 287 g/mol. The molecule has 2 aromatic rings. The fourth-order valence-corrected chi connectivity index (χ4v) is 2.80. The number of phenols is 1. The van der Waals surface area contributed by atoms with E-state index in [0.717, 1.165) is 42.5 Å². The van der Waals surface area contributed by atoms with E-state index >= 15 is 0 Å². The second kappa shape index (κ2) is 6.22. The number of phenolic OH excluding ortho intramolecular Hbond substituents is 1. The molecule has 0 saturated carbocycles. The van der Waals surface area contributed by atoms with Crippen LogP contribution < -0.4 is 14.8 Å². The third-order valence-corrected chi connectivity index (χ3v) is 4.07. The van der Waals surface area contributed by atoms with E-state index < -0.39 is 0 Å². The Kier molecular flexibility index (Phi) is 4.15. The maximum absolute atomic E-state index is 9.91. The minimum Gasteiger partial charge on any atom is -0.507 e. The average Bonchev–Trinajstić information content (AvgIpc) is 2.53. The van der Waals surface area contributed by atoms with Gasteiger partial charge in [-0.3, -0.25) is 0 Å². The number of benzene rings is 2. The molecule has 1 aliphatic heterocycles. The predicted molar refractivity (Wildman–Crippen MR) is 83.3 cm³/mol. The van der Waals surface area contributed by atoms with Gasteiger partial charge in [-0.1, -0.05) is 12.1 Å². The Morgan fingerprint density at radius 1 is 1.19 bits per heavy atom. The van der Waals surface area contributed by atoms with Gasteiger partial charge in [0.05, 0.1) is 13.7 Å². The van der Waals surface area contributed by atoms with E-state index in [4.69, 9.17) is 9.47 Å². The number of nitrogens with one attached hydrogen (secondary N) is 1. The molecule has 2 N–H and O–H groups in total. The molecule has 0 unspecified atom stereocenters. The van der Waals surface area contributed by atoms with E-state index in [9.17, 15) is 5.11 Å². The zero-order valence-electron chi connectivity index (χ0n) is 12.3. The van der Waals surface area contributed by atoms with Crippen molar-refractivity contribution in [2.24, 2.45) is 5.92 Å². The van der Waals surface area contributed by atoms with Crippen LogP contribution in [0.4, 0.5) is 0 Å². The van der Waals surface area contributed by atoms with Crippen LogP contribution in [0.2, 0.25) is 0 Å². The molecule has 4 heteroatoms. The van der Waals surface area contributed by atoms with Crippen molar-refractivity contribution in [2.45, 2.75) is 12.8 Å². The zero-order chi connectivity index (χ0) is 14.7. The van der Waals surface area contributed by atoms with Gasteiger partial charge >= 0.3 is 0 Å². The van der Waals surface area contributed by atoms with E-state index in [2.05, 4.69) is 5.32 Å². The van der Waals surface area contributed by atoms with Gasteiger partial charge in [-0.25, -0.2) is 0 Å². The van der Waals surface area contributed by atoms with E-state index in [1.54, 1.807) is 13.2 Å². The lowest BCUT2D eigenvalue weighted by atomic mass is 9.99. The summed E-state index contributed by atoms with van der Waals surface area (Å²) in [5.74, 6) is 2.26. The smallest absolute Gasteiger partial charge is 0.161 e. The minimum atomic E-state index is 0.260. The Morgan fingerprint density at radius 3 is 2.76 bits per heavy atom. The minimum absolute atomic E-state index is 0.260. The van der Waals surface area contributed by atoms with Crippen LogP contribution in [0.25, 0.3) is 10.8 Å². The number of piperidine rings is 1. The largest absolute Gasteiger partial charge is 0.507 e. The molecule has 3 rings (SSSR count). The molecule has 21 heavy (non-hydrogen) atoms. The van der Waals surface area contributed by atoms with Crippen LogP contribution in [0, 0.1) is 5.92 Å². The summed E-state index contributed by atoms with van der Waals surface area (Å²) < 4.78 is 11.4. The third-order valence-electron chi connectivity index (χ3n) is 4.07. The van der Waals surface area contributed by atoms with Gasteiger partial charge < -0.3 is 19.9 Å². The summed E-state index contributed by atoms with van der Waals surface area (Å²) >= 11 is 0. The fraction of sp³-hybridized carbons (Fsp3) is 0.412. The van der Waals surface area contributed by atoms with E-state index in [0.29, 0.717) is 18.3 Å². The Balaban J connectivity index is 1.83. The van der Waals surface area contributed by atoms with Crippen LogP contribution in [0.15, 0.2) is 30.3 Å². The standard InChI is InChI=1S/C17H21NO3/c1-20-16-10-14-13(3-2-4-15(14)19)9-17(16)21-11-12-5-7-18-8-6-12/h2-4,9-10,12,18-19H,5-8,11H2,1H3. The number of rotatable bonds is 4. The quantitative estimate of drug-likeness (QED) is 0.908. The first-order chi connectivity index (χ1) is 10.3. The summed E-state index contributed by atoms with van der Waals surface area (Å²) in [6.07, 6.45) is 2.30. The molecule has 0 aromatic heterocycles. The molecular formula is C17H21NO3. The molecular weight excluding hydrogens is 266 g/mol. The first-order valence-electron chi connectivity index (χ1n) is 7.41. The summed E-state index contributed by atoms with van der Waals surface area (Å²) in [6, 6.07) is 9.25. The molecule has 0 spiro atoms. The number of fused-ring (bicyclic) bond motifs is 1. The van der Waals surface area contributed by atoms with Crippen LogP contribution in [0.1, 0.15) is 12.8 Å². The highest BCUT2D eigenvalue weighted by Gasteiger charge is 2.15. The van der Waals surface area contributed by atoms with Crippen molar-refractivity contribution in [3.63, 3.8) is 0 Å². The van der Waals surface area contributed by atoms with Gasteiger partial charge in [0.15, 0.2) is 11.5 Å². The van der Waals surface area contributed by atoms with Crippen molar-refractivity contribution >= 4 is 10.8 Å². The maximum atomic E-state index is 9.91. The Bertz CT molecular complexity index is 621. The zero-order valence-corrected chi connectivity index (χ0v) is 12.3. The summed E-state index contributed by atoms with van der Waals surface area (Å²) in [7, 11) is 1.62. The molecule has 0 aliphatic carbocycles. The van der Waals surface area contributed by atoms with Crippen LogP contribution >= 0.6 is 0 Å². The Morgan fingerprint density at radius 2 is 2.00 bits per heavy atom. The number of hydrogen-bond acceptors (Lipinski definition) is 4. The highest BCUT2D eigenvalue weighted by molar-refractivity contribution is 5.90. The lowest BCUT2D eigenvalue weighted by molar-refractivity contribution is 0.208. The van der Waals surface area contributed by atoms with Gasteiger partial charge in [0, 0.05) is 5.39 Å². The van der Waals surface area contributed by atoms with Crippen molar-refractivity contribution in [3.05, 3.63) is 30.3 Å². The van der Waals surface area contributed by atoms with E-state index in [1.807, 2.05) is 24.3 Å². The Hall–Kier alpha value is -1.94. The van der Waals surface area contributed by atoms with E-state index in [1.165, 1.54) is 0 Å². The van der Waals surface area contributed by atoms with Crippen molar-refractivity contribution < 1.29 is 14.6 Å². The second-order valence-electron chi connectivity index (χ2n) is 5.51.